The molecule has 0 radical (unpaired) electrons. The Morgan fingerprint density at radius 2 is 1.70 bits per heavy atom. The van der Waals surface area contributed by atoms with Crippen LogP contribution in [0.1, 0.15) is 5.56 Å². The van der Waals surface area contributed by atoms with Crippen molar-refractivity contribution < 1.29 is 17.9 Å². The molecule has 0 fully saturated rings. The van der Waals surface area contributed by atoms with Gasteiger partial charge in [-0.25, -0.2) is 4.68 Å². The first kappa shape index (κ1) is 18.0. The van der Waals surface area contributed by atoms with Crippen molar-refractivity contribution in [1.29, 1.82) is 0 Å². The maximum atomic E-state index is 12.3. The van der Waals surface area contributed by atoms with Crippen LogP contribution >= 0.6 is 23.2 Å². The predicted molar refractivity (Wildman–Crippen MR) is 97.9 cm³/mol. The summed E-state index contributed by atoms with van der Waals surface area (Å²) in [7, 11) is 0. The van der Waals surface area contributed by atoms with Crippen LogP contribution in [0.3, 0.4) is 0 Å². The number of nitrogens with zero attached hydrogens (tertiary/aromatic N) is 2. The first-order valence-electron chi connectivity index (χ1n) is 8.00. The monoisotopic (exact) mass is 413 g/mol. The highest BCUT2D eigenvalue weighted by atomic mass is 35.5. The zero-order valence-electron chi connectivity index (χ0n) is 13.6. The molecule has 140 valence electrons. The lowest BCUT2D eigenvalue weighted by molar-refractivity contribution is -0.274. The smallest absolute Gasteiger partial charge is 0.406 e. The Labute approximate surface area is 162 Å². The van der Waals surface area contributed by atoms with Crippen molar-refractivity contribution in [3.05, 3.63) is 58.1 Å². The van der Waals surface area contributed by atoms with Crippen LogP contribution in [0.25, 0.3) is 16.9 Å². The van der Waals surface area contributed by atoms with E-state index in [0.29, 0.717) is 27.0 Å². The Morgan fingerprint density at radius 3 is 2.33 bits per heavy atom. The Balaban J connectivity index is 1.77. The van der Waals surface area contributed by atoms with Gasteiger partial charge in [-0.3, -0.25) is 0 Å². The molecule has 4 rings (SSSR count). The summed E-state index contributed by atoms with van der Waals surface area (Å²) in [5.74, 6) is 0.475. The van der Waals surface area contributed by atoms with Crippen molar-refractivity contribution in [3.63, 3.8) is 0 Å². The molecule has 0 unspecified atom stereocenters. The Morgan fingerprint density at radius 1 is 1.04 bits per heavy atom. The van der Waals surface area contributed by atoms with E-state index in [1.165, 1.54) is 24.3 Å². The summed E-state index contributed by atoms with van der Waals surface area (Å²) in [5, 5.41) is 8.84. The molecule has 0 saturated heterocycles. The molecular weight excluding hydrogens is 402 g/mol. The van der Waals surface area contributed by atoms with Gasteiger partial charge in [-0.2, -0.15) is 5.10 Å². The minimum absolute atomic E-state index is 0.294. The molecule has 0 spiro atoms. The molecule has 1 aromatic heterocycles. The number of hydrogen-bond acceptors (Lipinski definition) is 3. The third-order valence-electron chi connectivity index (χ3n) is 4.17. The SMILES string of the molecule is FC(F)(F)Oc1ccc(-n2nc(-c3c(Cl)cccc3Cl)c3c2NCC3)cc1. The molecule has 1 aliphatic heterocycles. The molecule has 27 heavy (non-hydrogen) atoms. The highest BCUT2D eigenvalue weighted by Gasteiger charge is 2.31. The fourth-order valence-electron chi connectivity index (χ4n) is 3.08. The van der Waals surface area contributed by atoms with E-state index < -0.39 is 6.36 Å². The van der Waals surface area contributed by atoms with E-state index in [1.54, 1.807) is 22.9 Å². The maximum Gasteiger partial charge on any atom is 0.573 e. The van der Waals surface area contributed by atoms with E-state index in [1.807, 2.05) is 0 Å². The second-order valence-electron chi connectivity index (χ2n) is 5.90. The summed E-state index contributed by atoms with van der Waals surface area (Å²) < 4.78 is 42.6. The van der Waals surface area contributed by atoms with Crippen molar-refractivity contribution in [1.82, 2.24) is 9.78 Å². The number of fused-ring (bicyclic) bond motifs is 1. The van der Waals surface area contributed by atoms with Crippen molar-refractivity contribution >= 4 is 29.0 Å². The number of hydrogen-bond donors (Lipinski definition) is 1. The number of anilines is 1. The van der Waals surface area contributed by atoms with E-state index in [9.17, 15) is 13.2 Å². The van der Waals surface area contributed by atoms with Crippen LogP contribution in [0.5, 0.6) is 5.75 Å². The summed E-state index contributed by atoms with van der Waals surface area (Å²) in [6.45, 7) is 0.720. The second-order valence-corrected chi connectivity index (χ2v) is 6.72. The summed E-state index contributed by atoms with van der Waals surface area (Å²) >= 11 is 12.7. The zero-order chi connectivity index (χ0) is 19.2. The normalized spacial score (nSPS) is 13.4. The van der Waals surface area contributed by atoms with Gasteiger partial charge in [0.1, 0.15) is 17.3 Å². The Hall–Kier alpha value is -2.38. The lowest BCUT2D eigenvalue weighted by Crippen LogP contribution is -2.17. The summed E-state index contributed by atoms with van der Waals surface area (Å²) in [6.07, 6.45) is -3.99. The zero-order valence-corrected chi connectivity index (χ0v) is 15.2. The predicted octanol–water partition coefficient (Wildman–Crippen LogP) is 5.71. The van der Waals surface area contributed by atoms with Gasteiger partial charge < -0.3 is 10.1 Å². The van der Waals surface area contributed by atoms with Crippen LogP contribution in [0.2, 0.25) is 10.0 Å². The fourth-order valence-corrected chi connectivity index (χ4v) is 3.65. The molecule has 0 atom stereocenters. The summed E-state index contributed by atoms with van der Waals surface area (Å²) in [6, 6.07) is 10.7. The Kier molecular flexibility index (Phi) is 4.44. The topological polar surface area (TPSA) is 39.1 Å². The molecule has 1 N–H and O–H groups in total. The van der Waals surface area contributed by atoms with E-state index >= 15 is 0 Å². The van der Waals surface area contributed by atoms with Crippen LogP contribution in [-0.4, -0.2) is 22.7 Å². The van der Waals surface area contributed by atoms with Crippen LogP contribution in [0.15, 0.2) is 42.5 Å². The first-order chi connectivity index (χ1) is 12.8. The van der Waals surface area contributed by atoms with Gasteiger partial charge in [0, 0.05) is 17.7 Å². The van der Waals surface area contributed by atoms with Gasteiger partial charge in [-0.05, 0) is 42.8 Å². The molecular formula is C18H12Cl2F3N3O. The standard InChI is InChI=1S/C18H12Cl2F3N3O/c19-13-2-1-3-14(20)15(13)16-12-8-9-24-17(12)26(25-16)10-4-6-11(7-5-10)27-18(21,22)23/h1-7,24H,8-9H2. The van der Waals surface area contributed by atoms with E-state index in [4.69, 9.17) is 23.2 Å². The quantitative estimate of drug-likeness (QED) is 0.597. The average Bonchev–Trinajstić information content (AvgIpc) is 3.18. The van der Waals surface area contributed by atoms with E-state index in [0.717, 1.165) is 24.3 Å². The van der Waals surface area contributed by atoms with Crippen LogP contribution in [0.4, 0.5) is 19.0 Å². The van der Waals surface area contributed by atoms with Gasteiger partial charge in [0.15, 0.2) is 0 Å². The first-order valence-corrected chi connectivity index (χ1v) is 8.75. The van der Waals surface area contributed by atoms with Gasteiger partial charge in [-0.1, -0.05) is 29.3 Å². The average molecular weight is 414 g/mol. The maximum absolute atomic E-state index is 12.3. The number of rotatable bonds is 3. The summed E-state index contributed by atoms with van der Waals surface area (Å²) in [5.41, 5.74) is 2.84. The van der Waals surface area contributed by atoms with Gasteiger partial charge in [-0.15, -0.1) is 13.2 Å². The Bertz CT molecular complexity index is 980. The van der Waals surface area contributed by atoms with Crippen LogP contribution in [-0.2, 0) is 6.42 Å². The largest absolute Gasteiger partial charge is 0.573 e. The number of ether oxygens (including phenoxy) is 1. The van der Waals surface area contributed by atoms with Gasteiger partial charge in [0.05, 0.1) is 15.7 Å². The van der Waals surface area contributed by atoms with E-state index in [2.05, 4.69) is 15.2 Å². The molecule has 2 aromatic carbocycles. The van der Waals surface area contributed by atoms with Crippen LogP contribution < -0.4 is 10.1 Å². The highest BCUT2D eigenvalue weighted by molar-refractivity contribution is 6.39. The number of aromatic nitrogens is 2. The minimum Gasteiger partial charge on any atom is -0.406 e. The van der Waals surface area contributed by atoms with Gasteiger partial charge >= 0.3 is 6.36 Å². The third-order valence-corrected chi connectivity index (χ3v) is 4.80. The lowest BCUT2D eigenvalue weighted by Gasteiger charge is -2.10. The number of halogens is 5. The fraction of sp³-hybridized carbons (Fsp3) is 0.167. The number of nitrogens with one attached hydrogen (secondary N) is 1. The number of benzene rings is 2. The van der Waals surface area contributed by atoms with Crippen molar-refractivity contribution in [3.8, 4) is 22.7 Å². The van der Waals surface area contributed by atoms with Gasteiger partial charge in [0.2, 0.25) is 0 Å². The van der Waals surface area contributed by atoms with Gasteiger partial charge in [0.25, 0.3) is 0 Å². The molecule has 2 heterocycles. The third kappa shape index (κ3) is 3.44. The second kappa shape index (κ2) is 6.65. The van der Waals surface area contributed by atoms with Crippen molar-refractivity contribution in [2.24, 2.45) is 0 Å². The molecule has 3 aromatic rings. The number of alkyl halides is 3. The molecule has 0 saturated carbocycles. The molecule has 0 amide bonds. The summed E-state index contributed by atoms with van der Waals surface area (Å²) in [4.78, 5) is 0. The molecule has 1 aliphatic rings. The molecule has 0 aliphatic carbocycles. The lowest BCUT2D eigenvalue weighted by atomic mass is 10.1. The molecule has 9 heteroatoms. The van der Waals surface area contributed by atoms with Crippen molar-refractivity contribution in [2.75, 3.05) is 11.9 Å². The molecule has 0 bridgehead atoms. The highest BCUT2D eigenvalue weighted by Crippen LogP contribution is 2.41. The van der Waals surface area contributed by atoms with E-state index in [-0.39, 0.29) is 5.75 Å². The van der Waals surface area contributed by atoms with Crippen molar-refractivity contribution in [2.45, 2.75) is 12.8 Å². The molecule has 4 nitrogen and oxygen atoms in total. The van der Waals surface area contributed by atoms with Crippen LogP contribution in [0, 0.1) is 0 Å². The minimum atomic E-state index is -4.73.